The SMILES string of the molecule is COc1ccc(Cl)cc1-c1nn(C)cc1N1CC=C2N=CC=CN21. The monoisotopic (exact) mass is 341 g/mol. The van der Waals surface area contributed by atoms with Crippen molar-refractivity contribution in [3.63, 3.8) is 0 Å². The van der Waals surface area contributed by atoms with Gasteiger partial charge in [0.25, 0.3) is 0 Å². The van der Waals surface area contributed by atoms with E-state index >= 15 is 0 Å². The van der Waals surface area contributed by atoms with Crippen LogP contribution in [-0.4, -0.2) is 34.7 Å². The van der Waals surface area contributed by atoms with Gasteiger partial charge in [-0.1, -0.05) is 11.6 Å². The van der Waals surface area contributed by atoms with E-state index in [0.717, 1.165) is 35.1 Å². The molecule has 1 aromatic carbocycles. The fourth-order valence-electron chi connectivity index (χ4n) is 2.92. The fraction of sp³-hybridized carbons (Fsp3) is 0.176. The Morgan fingerprint density at radius 2 is 2.17 bits per heavy atom. The second-order valence-corrected chi connectivity index (χ2v) is 5.93. The standard InChI is InChI=1S/C17H16ClN5O/c1-21-11-14(22-9-6-16-19-7-3-8-23(16)22)17(20-21)13-10-12(18)4-5-15(13)24-2/h3-8,10-11H,9H2,1-2H3. The Morgan fingerprint density at radius 3 is 3.00 bits per heavy atom. The zero-order valence-corrected chi connectivity index (χ0v) is 14.1. The summed E-state index contributed by atoms with van der Waals surface area (Å²) in [7, 11) is 3.55. The van der Waals surface area contributed by atoms with Gasteiger partial charge in [0.2, 0.25) is 0 Å². The Balaban J connectivity index is 1.81. The van der Waals surface area contributed by atoms with Crippen LogP contribution in [0.1, 0.15) is 0 Å². The van der Waals surface area contributed by atoms with Gasteiger partial charge in [-0.25, -0.2) is 10.0 Å². The highest BCUT2D eigenvalue weighted by atomic mass is 35.5. The Kier molecular flexibility index (Phi) is 3.54. The normalized spacial score (nSPS) is 15.7. The van der Waals surface area contributed by atoms with Gasteiger partial charge < -0.3 is 4.74 Å². The number of fused-ring (bicyclic) bond motifs is 1. The van der Waals surface area contributed by atoms with E-state index in [1.165, 1.54) is 0 Å². The van der Waals surface area contributed by atoms with Crippen LogP contribution in [0.5, 0.6) is 5.75 Å². The maximum atomic E-state index is 6.20. The smallest absolute Gasteiger partial charge is 0.149 e. The van der Waals surface area contributed by atoms with Crippen molar-refractivity contribution in [2.24, 2.45) is 12.0 Å². The lowest BCUT2D eigenvalue weighted by Gasteiger charge is -2.30. The number of rotatable bonds is 3. The molecule has 24 heavy (non-hydrogen) atoms. The molecule has 0 fully saturated rings. The van der Waals surface area contributed by atoms with Crippen LogP contribution in [0.15, 0.2) is 53.6 Å². The van der Waals surface area contributed by atoms with E-state index in [9.17, 15) is 0 Å². The lowest BCUT2D eigenvalue weighted by Crippen LogP contribution is -2.34. The highest BCUT2D eigenvalue weighted by Gasteiger charge is 2.28. The first-order chi connectivity index (χ1) is 11.7. The van der Waals surface area contributed by atoms with Gasteiger partial charge >= 0.3 is 0 Å². The summed E-state index contributed by atoms with van der Waals surface area (Å²) < 4.78 is 7.29. The number of hydrogen-bond acceptors (Lipinski definition) is 5. The molecule has 6 nitrogen and oxygen atoms in total. The summed E-state index contributed by atoms with van der Waals surface area (Å²) in [6.45, 7) is 0.721. The summed E-state index contributed by atoms with van der Waals surface area (Å²) in [6.07, 6.45) is 9.74. The summed E-state index contributed by atoms with van der Waals surface area (Å²) in [5.41, 5.74) is 2.64. The average Bonchev–Trinajstić information content (AvgIpc) is 3.18. The van der Waals surface area contributed by atoms with E-state index in [0.29, 0.717) is 5.02 Å². The largest absolute Gasteiger partial charge is 0.496 e. The summed E-state index contributed by atoms with van der Waals surface area (Å²) in [4.78, 5) is 4.38. The predicted molar refractivity (Wildman–Crippen MR) is 95.1 cm³/mol. The van der Waals surface area contributed by atoms with E-state index in [1.54, 1.807) is 18.0 Å². The van der Waals surface area contributed by atoms with Crippen LogP contribution < -0.4 is 9.75 Å². The summed E-state index contributed by atoms with van der Waals surface area (Å²) in [5, 5.41) is 9.41. The van der Waals surface area contributed by atoms with E-state index in [4.69, 9.17) is 16.3 Å². The number of anilines is 1. The van der Waals surface area contributed by atoms with Gasteiger partial charge in [0, 0.05) is 30.0 Å². The minimum atomic E-state index is 0.644. The second kappa shape index (κ2) is 5.72. The van der Waals surface area contributed by atoms with Gasteiger partial charge in [-0.15, -0.1) is 0 Å². The number of allylic oxidation sites excluding steroid dienone is 1. The summed E-state index contributed by atoms with van der Waals surface area (Å²) in [5.74, 6) is 1.64. The van der Waals surface area contributed by atoms with Crippen molar-refractivity contribution in [2.45, 2.75) is 0 Å². The number of halogens is 1. The lowest BCUT2D eigenvalue weighted by atomic mass is 10.1. The number of methoxy groups -OCH3 is 1. The number of hydrogen-bond donors (Lipinski definition) is 0. The topological polar surface area (TPSA) is 45.9 Å². The van der Waals surface area contributed by atoms with Gasteiger partial charge in [0.15, 0.2) is 0 Å². The first kappa shape index (κ1) is 14.8. The Labute approximate surface area is 144 Å². The molecule has 0 N–H and O–H groups in total. The van der Waals surface area contributed by atoms with Crippen molar-refractivity contribution in [3.05, 3.63) is 53.6 Å². The predicted octanol–water partition coefficient (Wildman–Crippen LogP) is 3.23. The molecule has 0 atom stereocenters. The first-order valence-electron chi connectivity index (χ1n) is 7.52. The molecule has 0 radical (unpaired) electrons. The number of ether oxygens (including phenoxy) is 1. The van der Waals surface area contributed by atoms with Crippen LogP contribution in [0, 0.1) is 0 Å². The fourth-order valence-corrected chi connectivity index (χ4v) is 3.09. The van der Waals surface area contributed by atoms with Gasteiger partial charge in [0.05, 0.1) is 19.9 Å². The van der Waals surface area contributed by atoms with Crippen molar-refractivity contribution >= 4 is 23.5 Å². The van der Waals surface area contributed by atoms with Crippen molar-refractivity contribution in [1.82, 2.24) is 14.8 Å². The van der Waals surface area contributed by atoms with Gasteiger partial charge in [-0.3, -0.25) is 9.69 Å². The van der Waals surface area contributed by atoms with Crippen LogP contribution in [0.3, 0.4) is 0 Å². The number of benzene rings is 1. The Morgan fingerprint density at radius 1 is 1.29 bits per heavy atom. The minimum absolute atomic E-state index is 0.644. The second-order valence-electron chi connectivity index (χ2n) is 5.49. The van der Waals surface area contributed by atoms with Crippen LogP contribution in [0.2, 0.25) is 5.02 Å². The highest BCUT2D eigenvalue weighted by molar-refractivity contribution is 6.31. The molecule has 0 amide bonds. The molecule has 7 heteroatoms. The molecule has 2 aromatic rings. The van der Waals surface area contributed by atoms with Crippen LogP contribution in [-0.2, 0) is 7.05 Å². The van der Waals surface area contributed by atoms with Crippen molar-refractivity contribution in [3.8, 4) is 17.0 Å². The van der Waals surface area contributed by atoms with Gasteiger partial charge in [0.1, 0.15) is 23.0 Å². The summed E-state index contributed by atoms with van der Waals surface area (Å²) >= 11 is 6.20. The zero-order valence-electron chi connectivity index (χ0n) is 13.3. The molecule has 0 unspecified atom stereocenters. The molecule has 3 heterocycles. The molecular formula is C17H16ClN5O. The van der Waals surface area contributed by atoms with E-state index in [1.807, 2.05) is 48.7 Å². The third kappa shape index (κ3) is 2.35. The Bertz CT molecular complexity index is 883. The van der Waals surface area contributed by atoms with E-state index in [2.05, 4.69) is 21.2 Å². The van der Waals surface area contributed by atoms with Crippen molar-refractivity contribution in [1.29, 1.82) is 0 Å². The molecule has 1 aromatic heterocycles. The molecule has 0 saturated heterocycles. The maximum Gasteiger partial charge on any atom is 0.149 e. The number of nitrogens with zero attached hydrogens (tertiary/aromatic N) is 5. The Hall–Kier alpha value is -2.73. The minimum Gasteiger partial charge on any atom is -0.496 e. The number of aliphatic imine (C=N–C) groups is 1. The number of hydrazine groups is 1. The summed E-state index contributed by atoms with van der Waals surface area (Å²) in [6, 6.07) is 5.54. The van der Waals surface area contributed by atoms with E-state index in [-0.39, 0.29) is 0 Å². The van der Waals surface area contributed by atoms with Gasteiger partial charge in [-0.2, -0.15) is 5.10 Å². The van der Waals surface area contributed by atoms with Crippen molar-refractivity contribution in [2.75, 3.05) is 18.7 Å². The van der Waals surface area contributed by atoms with Crippen molar-refractivity contribution < 1.29 is 4.74 Å². The molecule has 4 rings (SSSR count). The number of aryl methyl sites for hydroxylation is 1. The molecule has 0 aliphatic carbocycles. The van der Waals surface area contributed by atoms with Crippen LogP contribution >= 0.6 is 11.6 Å². The van der Waals surface area contributed by atoms with Crippen LogP contribution in [0.25, 0.3) is 11.3 Å². The molecule has 0 bridgehead atoms. The molecule has 2 aliphatic rings. The third-order valence-electron chi connectivity index (χ3n) is 3.97. The third-order valence-corrected chi connectivity index (χ3v) is 4.20. The zero-order chi connectivity index (χ0) is 16.7. The molecule has 2 aliphatic heterocycles. The van der Waals surface area contributed by atoms with Gasteiger partial charge in [-0.05, 0) is 30.4 Å². The number of aromatic nitrogens is 2. The quantitative estimate of drug-likeness (QED) is 0.860. The van der Waals surface area contributed by atoms with E-state index < -0.39 is 0 Å². The van der Waals surface area contributed by atoms with Crippen LogP contribution in [0.4, 0.5) is 5.69 Å². The molecule has 0 spiro atoms. The average molecular weight is 342 g/mol. The molecule has 122 valence electrons. The highest BCUT2D eigenvalue weighted by Crippen LogP contribution is 2.39. The maximum absolute atomic E-state index is 6.20. The first-order valence-corrected chi connectivity index (χ1v) is 7.90. The lowest BCUT2D eigenvalue weighted by molar-refractivity contribution is 0.416. The molecular weight excluding hydrogens is 326 g/mol. The molecule has 0 saturated carbocycles.